The molecule has 0 radical (unpaired) electrons. The molecule has 0 heterocycles. The van der Waals surface area contributed by atoms with Crippen LogP contribution in [-0.4, -0.2) is 18.7 Å². The normalized spacial score (nSPS) is 9.55. The van der Waals surface area contributed by atoms with Gasteiger partial charge in [0.05, 0.1) is 6.61 Å². The van der Waals surface area contributed by atoms with Crippen molar-refractivity contribution in [2.45, 2.75) is 27.4 Å². The third-order valence-electron chi connectivity index (χ3n) is 2.42. The summed E-state index contributed by atoms with van der Waals surface area (Å²) in [4.78, 5) is 23.3. The fraction of sp³-hybridized carbons (Fsp3) is 0.333. The van der Waals surface area contributed by atoms with Gasteiger partial charge in [0.2, 0.25) is 0 Å². The fourth-order valence-electron chi connectivity index (χ4n) is 1.44. The lowest BCUT2D eigenvalue weighted by Gasteiger charge is -2.11. The third kappa shape index (κ3) is 5.14. The van der Waals surface area contributed by atoms with Crippen LogP contribution in [0.4, 0.5) is 4.79 Å². The minimum absolute atomic E-state index is 0.116. The SMILES string of the molecule is CCOC(=O)C(NC(=O)OCc1ccccc1)=C(C)C. The van der Waals surface area contributed by atoms with Crippen LogP contribution in [0, 0.1) is 0 Å². The first-order valence-electron chi connectivity index (χ1n) is 6.37. The molecule has 1 amide bonds. The highest BCUT2D eigenvalue weighted by Gasteiger charge is 2.16. The molecule has 5 heteroatoms. The number of allylic oxidation sites excluding steroid dienone is 1. The van der Waals surface area contributed by atoms with E-state index in [9.17, 15) is 9.59 Å². The van der Waals surface area contributed by atoms with Gasteiger partial charge in [-0.15, -0.1) is 0 Å². The van der Waals surface area contributed by atoms with Gasteiger partial charge in [0.25, 0.3) is 0 Å². The van der Waals surface area contributed by atoms with Gasteiger partial charge in [0, 0.05) is 0 Å². The summed E-state index contributed by atoms with van der Waals surface area (Å²) in [5.74, 6) is -0.566. The summed E-state index contributed by atoms with van der Waals surface area (Å²) in [7, 11) is 0. The molecular weight excluding hydrogens is 258 g/mol. The number of benzene rings is 1. The summed E-state index contributed by atoms with van der Waals surface area (Å²) in [5.41, 5.74) is 1.64. The third-order valence-corrected chi connectivity index (χ3v) is 2.42. The average Bonchev–Trinajstić information content (AvgIpc) is 2.43. The van der Waals surface area contributed by atoms with Crippen LogP contribution in [0.3, 0.4) is 0 Å². The molecule has 0 atom stereocenters. The molecule has 0 aliphatic heterocycles. The van der Waals surface area contributed by atoms with Crippen LogP contribution in [0.2, 0.25) is 0 Å². The molecular formula is C15H19NO4. The molecule has 1 rings (SSSR count). The maximum absolute atomic E-state index is 11.7. The molecule has 5 nitrogen and oxygen atoms in total. The van der Waals surface area contributed by atoms with E-state index in [1.54, 1.807) is 20.8 Å². The summed E-state index contributed by atoms with van der Waals surface area (Å²) in [6, 6.07) is 9.29. The van der Waals surface area contributed by atoms with E-state index >= 15 is 0 Å². The zero-order chi connectivity index (χ0) is 15.0. The number of ether oxygens (including phenoxy) is 2. The smallest absolute Gasteiger partial charge is 0.412 e. The second-order valence-corrected chi connectivity index (χ2v) is 4.28. The van der Waals surface area contributed by atoms with Gasteiger partial charge in [-0.05, 0) is 31.9 Å². The Hall–Kier alpha value is -2.30. The molecule has 0 aromatic heterocycles. The summed E-state index contributed by atoms with van der Waals surface area (Å²) < 4.78 is 9.91. The van der Waals surface area contributed by atoms with Crippen molar-refractivity contribution in [3.05, 3.63) is 47.2 Å². The van der Waals surface area contributed by atoms with Crippen LogP contribution in [0.1, 0.15) is 26.3 Å². The van der Waals surface area contributed by atoms with E-state index in [0.29, 0.717) is 5.57 Å². The molecule has 108 valence electrons. The lowest BCUT2D eigenvalue weighted by atomic mass is 10.2. The zero-order valence-corrected chi connectivity index (χ0v) is 11.9. The van der Waals surface area contributed by atoms with Crippen LogP contribution >= 0.6 is 0 Å². The fourth-order valence-corrected chi connectivity index (χ4v) is 1.44. The van der Waals surface area contributed by atoms with Gasteiger partial charge >= 0.3 is 12.1 Å². The lowest BCUT2D eigenvalue weighted by Crippen LogP contribution is -2.30. The highest BCUT2D eigenvalue weighted by atomic mass is 16.6. The second-order valence-electron chi connectivity index (χ2n) is 4.28. The molecule has 1 N–H and O–H groups in total. The summed E-state index contributed by atoms with van der Waals surface area (Å²) in [6.07, 6.45) is -0.682. The number of hydrogen-bond acceptors (Lipinski definition) is 4. The summed E-state index contributed by atoms with van der Waals surface area (Å²) in [5, 5.41) is 2.42. The molecule has 1 aromatic carbocycles. The van der Waals surface area contributed by atoms with E-state index in [4.69, 9.17) is 9.47 Å². The van der Waals surface area contributed by atoms with Crippen molar-refractivity contribution < 1.29 is 19.1 Å². The predicted molar refractivity (Wildman–Crippen MR) is 74.8 cm³/mol. The monoisotopic (exact) mass is 277 g/mol. The minimum Gasteiger partial charge on any atom is -0.461 e. The van der Waals surface area contributed by atoms with E-state index in [-0.39, 0.29) is 18.9 Å². The van der Waals surface area contributed by atoms with Gasteiger partial charge in [-0.1, -0.05) is 30.3 Å². The van der Waals surface area contributed by atoms with Crippen molar-refractivity contribution >= 4 is 12.1 Å². The van der Waals surface area contributed by atoms with Crippen LogP contribution in [0.15, 0.2) is 41.6 Å². The van der Waals surface area contributed by atoms with Crippen molar-refractivity contribution in [1.82, 2.24) is 5.32 Å². The number of rotatable bonds is 5. The maximum Gasteiger partial charge on any atom is 0.412 e. The van der Waals surface area contributed by atoms with Gasteiger partial charge in [0.15, 0.2) is 0 Å². The number of carbonyl (C=O) groups is 2. The molecule has 0 aliphatic carbocycles. The first-order valence-corrected chi connectivity index (χ1v) is 6.37. The molecule has 0 aliphatic rings. The largest absolute Gasteiger partial charge is 0.461 e. The number of carbonyl (C=O) groups excluding carboxylic acids is 2. The molecule has 20 heavy (non-hydrogen) atoms. The van der Waals surface area contributed by atoms with Crippen molar-refractivity contribution in [1.29, 1.82) is 0 Å². The van der Waals surface area contributed by atoms with E-state index < -0.39 is 12.1 Å². The summed E-state index contributed by atoms with van der Waals surface area (Å²) >= 11 is 0. The van der Waals surface area contributed by atoms with E-state index in [2.05, 4.69) is 5.32 Å². The average molecular weight is 277 g/mol. The maximum atomic E-state index is 11.7. The molecule has 0 unspecified atom stereocenters. The Balaban J connectivity index is 2.55. The highest BCUT2D eigenvalue weighted by molar-refractivity contribution is 5.92. The van der Waals surface area contributed by atoms with Crippen LogP contribution in [0.25, 0.3) is 0 Å². The van der Waals surface area contributed by atoms with Gasteiger partial charge in [-0.25, -0.2) is 9.59 Å². The lowest BCUT2D eigenvalue weighted by molar-refractivity contribution is -0.139. The Morgan fingerprint density at radius 2 is 1.75 bits per heavy atom. The van der Waals surface area contributed by atoms with E-state index in [0.717, 1.165) is 5.56 Å². The quantitative estimate of drug-likeness (QED) is 0.664. The van der Waals surface area contributed by atoms with Crippen LogP contribution in [-0.2, 0) is 20.9 Å². The standard InChI is InChI=1S/C15H19NO4/c1-4-19-14(17)13(11(2)3)16-15(18)20-10-12-8-6-5-7-9-12/h5-9H,4,10H2,1-3H3,(H,16,18). The zero-order valence-electron chi connectivity index (χ0n) is 11.9. The van der Waals surface area contributed by atoms with Gasteiger partial charge in [0.1, 0.15) is 12.3 Å². The van der Waals surface area contributed by atoms with Gasteiger partial charge in [-0.3, -0.25) is 5.32 Å². The molecule has 0 saturated heterocycles. The Morgan fingerprint density at radius 3 is 2.30 bits per heavy atom. The van der Waals surface area contributed by atoms with E-state index in [1.807, 2.05) is 30.3 Å². The summed E-state index contributed by atoms with van der Waals surface area (Å²) in [6.45, 7) is 5.52. The topological polar surface area (TPSA) is 64.6 Å². The van der Waals surface area contributed by atoms with Crippen molar-refractivity contribution in [3.8, 4) is 0 Å². The highest BCUT2D eigenvalue weighted by Crippen LogP contribution is 2.05. The van der Waals surface area contributed by atoms with Gasteiger partial charge in [-0.2, -0.15) is 0 Å². The number of hydrogen-bond donors (Lipinski definition) is 1. The molecule has 0 fully saturated rings. The Bertz CT molecular complexity index is 490. The van der Waals surface area contributed by atoms with Crippen molar-refractivity contribution in [2.24, 2.45) is 0 Å². The minimum atomic E-state index is -0.682. The second kappa shape index (κ2) is 7.99. The number of nitrogens with one attached hydrogen (secondary N) is 1. The molecule has 0 bridgehead atoms. The van der Waals surface area contributed by atoms with E-state index in [1.165, 1.54) is 0 Å². The Kier molecular flexibility index (Phi) is 6.29. The molecule has 0 spiro atoms. The van der Waals surface area contributed by atoms with Crippen molar-refractivity contribution in [3.63, 3.8) is 0 Å². The van der Waals surface area contributed by atoms with Crippen LogP contribution < -0.4 is 5.32 Å². The molecule has 0 saturated carbocycles. The van der Waals surface area contributed by atoms with Crippen molar-refractivity contribution in [2.75, 3.05) is 6.61 Å². The first-order chi connectivity index (χ1) is 9.54. The number of alkyl carbamates (subject to hydrolysis) is 1. The van der Waals surface area contributed by atoms with Crippen LogP contribution in [0.5, 0.6) is 0 Å². The number of amides is 1. The predicted octanol–water partition coefficient (Wildman–Crippen LogP) is 2.77. The first kappa shape index (κ1) is 15.8. The number of esters is 1. The van der Waals surface area contributed by atoms with Gasteiger partial charge < -0.3 is 9.47 Å². The Morgan fingerprint density at radius 1 is 1.10 bits per heavy atom. The Labute approximate surface area is 118 Å². The molecule has 1 aromatic rings.